The molecule has 0 spiro atoms. The Balaban J connectivity index is 1.71. The highest BCUT2D eigenvalue weighted by Gasteiger charge is 2.35. The van der Waals surface area contributed by atoms with E-state index in [9.17, 15) is 4.79 Å². The average Bonchev–Trinajstić information content (AvgIpc) is 3.14. The smallest absolute Gasteiger partial charge is 0.338 e. The molecule has 1 atom stereocenters. The number of rotatable bonds is 6. The van der Waals surface area contributed by atoms with E-state index >= 15 is 0 Å². The first-order chi connectivity index (χ1) is 15.0. The number of hydrogen-bond acceptors (Lipinski definition) is 6. The molecule has 3 aromatic rings. The summed E-state index contributed by atoms with van der Waals surface area (Å²) in [5.74, 6) is 1.07. The summed E-state index contributed by atoms with van der Waals surface area (Å²) in [5.41, 5.74) is 5.84. The lowest BCUT2D eigenvalue weighted by atomic mass is 9.93. The number of aromatic nitrogens is 3. The minimum atomic E-state index is -0.391. The number of hydrogen-bond donors (Lipinski definition) is 1. The van der Waals surface area contributed by atoms with Gasteiger partial charge in [-0.3, -0.25) is 0 Å². The molecule has 2 aromatic carbocycles. The van der Waals surface area contributed by atoms with Crippen LogP contribution in [0.15, 0.2) is 65.0 Å². The van der Waals surface area contributed by atoms with Crippen molar-refractivity contribution in [2.75, 3.05) is 11.9 Å². The molecule has 0 saturated heterocycles. The van der Waals surface area contributed by atoms with Crippen LogP contribution in [0.3, 0.4) is 0 Å². The van der Waals surface area contributed by atoms with Crippen molar-refractivity contribution in [2.24, 2.45) is 0 Å². The van der Waals surface area contributed by atoms with Crippen molar-refractivity contribution in [3.63, 3.8) is 0 Å². The van der Waals surface area contributed by atoms with Crippen LogP contribution in [0, 0.1) is 13.8 Å². The van der Waals surface area contributed by atoms with Gasteiger partial charge in [-0.05, 0) is 44.4 Å². The fourth-order valence-corrected chi connectivity index (χ4v) is 4.57. The molecule has 0 aliphatic carbocycles. The zero-order valence-electron chi connectivity index (χ0n) is 18.2. The molecule has 7 heteroatoms. The predicted molar refractivity (Wildman–Crippen MR) is 123 cm³/mol. The monoisotopic (exact) mass is 434 g/mol. The molecular formula is C24H26N4O2S. The lowest BCUT2D eigenvalue weighted by Gasteiger charge is -2.28. The minimum Gasteiger partial charge on any atom is -0.463 e. The topological polar surface area (TPSA) is 69.0 Å². The first kappa shape index (κ1) is 21.2. The summed E-state index contributed by atoms with van der Waals surface area (Å²) in [7, 11) is 0. The van der Waals surface area contributed by atoms with Crippen LogP contribution in [0.4, 0.5) is 5.95 Å². The third-order valence-corrected chi connectivity index (χ3v) is 6.17. The van der Waals surface area contributed by atoms with Gasteiger partial charge in [0, 0.05) is 11.4 Å². The highest BCUT2D eigenvalue weighted by molar-refractivity contribution is 7.98. The van der Waals surface area contributed by atoms with Crippen LogP contribution in [0.1, 0.15) is 42.1 Å². The molecule has 1 aliphatic rings. The van der Waals surface area contributed by atoms with Gasteiger partial charge in [0.25, 0.3) is 0 Å². The Bertz CT molecular complexity index is 1150. The van der Waals surface area contributed by atoms with Gasteiger partial charge < -0.3 is 10.1 Å². The highest BCUT2D eigenvalue weighted by atomic mass is 32.2. The van der Waals surface area contributed by atoms with E-state index in [4.69, 9.17) is 14.8 Å². The Morgan fingerprint density at radius 1 is 1.16 bits per heavy atom. The molecule has 2 heterocycles. The van der Waals surface area contributed by atoms with E-state index in [1.165, 1.54) is 11.1 Å². The Kier molecular flexibility index (Phi) is 6.13. The standard InChI is InChI=1S/C24H26N4O2S/c1-5-30-22(29)20-17(4)25-23-26-24(31-14-18-11-8-9-15(2)13-18)27-28(23)21(20)19-12-7-6-10-16(19)3/h6-13,21H,5,14H2,1-4H3,(H,25,26,27)/t21-/m0/s1. The number of nitrogens with zero attached hydrogens (tertiary/aromatic N) is 3. The zero-order chi connectivity index (χ0) is 22.0. The number of benzene rings is 2. The maximum atomic E-state index is 12.9. The maximum Gasteiger partial charge on any atom is 0.338 e. The number of ether oxygens (including phenoxy) is 1. The van der Waals surface area contributed by atoms with Crippen molar-refractivity contribution in [2.45, 2.75) is 44.6 Å². The lowest BCUT2D eigenvalue weighted by Crippen LogP contribution is -2.30. The third kappa shape index (κ3) is 4.37. The van der Waals surface area contributed by atoms with E-state index in [2.05, 4.69) is 36.5 Å². The van der Waals surface area contributed by atoms with E-state index in [0.29, 0.717) is 23.3 Å². The molecule has 4 rings (SSSR count). The van der Waals surface area contributed by atoms with Crippen LogP contribution in [0.2, 0.25) is 0 Å². The highest BCUT2D eigenvalue weighted by Crippen LogP contribution is 2.38. The number of nitrogens with one attached hydrogen (secondary N) is 1. The number of carbonyl (C=O) groups is 1. The third-order valence-electron chi connectivity index (χ3n) is 5.26. The van der Waals surface area contributed by atoms with Crippen LogP contribution < -0.4 is 5.32 Å². The normalized spacial score (nSPS) is 15.4. The number of carbonyl (C=O) groups excluding carboxylic acids is 1. The molecule has 0 fully saturated rings. The second-order valence-corrected chi connectivity index (χ2v) is 8.53. The molecule has 0 radical (unpaired) electrons. The maximum absolute atomic E-state index is 12.9. The van der Waals surface area contributed by atoms with Gasteiger partial charge in [-0.2, -0.15) is 4.98 Å². The van der Waals surface area contributed by atoms with Crippen LogP contribution in [-0.2, 0) is 15.3 Å². The van der Waals surface area contributed by atoms with Gasteiger partial charge in [0.05, 0.1) is 12.2 Å². The van der Waals surface area contributed by atoms with Gasteiger partial charge in [-0.25, -0.2) is 9.48 Å². The molecule has 1 aliphatic heterocycles. The second kappa shape index (κ2) is 8.98. The number of fused-ring (bicyclic) bond motifs is 1. The van der Waals surface area contributed by atoms with Crippen LogP contribution in [-0.4, -0.2) is 27.3 Å². The molecule has 1 aromatic heterocycles. The van der Waals surface area contributed by atoms with E-state index in [1.807, 2.05) is 45.0 Å². The quantitative estimate of drug-likeness (QED) is 0.433. The fraction of sp³-hybridized carbons (Fsp3) is 0.292. The average molecular weight is 435 g/mol. The zero-order valence-corrected chi connectivity index (χ0v) is 19.0. The second-order valence-electron chi connectivity index (χ2n) is 7.58. The summed E-state index contributed by atoms with van der Waals surface area (Å²) in [6.07, 6.45) is 0. The molecular weight excluding hydrogens is 408 g/mol. The molecule has 1 N–H and O–H groups in total. The Hall–Kier alpha value is -3.06. The molecule has 160 valence electrons. The van der Waals surface area contributed by atoms with Gasteiger partial charge in [0.15, 0.2) is 0 Å². The summed E-state index contributed by atoms with van der Waals surface area (Å²) in [4.78, 5) is 17.6. The van der Waals surface area contributed by atoms with Crippen LogP contribution >= 0.6 is 11.8 Å². The first-order valence-corrected chi connectivity index (χ1v) is 11.3. The van der Waals surface area contributed by atoms with Crippen LogP contribution in [0.5, 0.6) is 0 Å². The Labute approximate surface area is 186 Å². The van der Waals surface area contributed by atoms with E-state index in [0.717, 1.165) is 22.6 Å². The molecule has 6 nitrogen and oxygen atoms in total. The van der Waals surface area contributed by atoms with Crippen molar-refractivity contribution in [3.05, 3.63) is 82.1 Å². The summed E-state index contributed by atoms with van der Waals surface area (Å²) in [5, 5.41) is 8.70. The van der Waals surface area contributed by atoms with Crippen molar-refractivity contribution in [3.8, 4) is 0 Å². The van der Waals surface area contributed by atoms with Gasteiger partial charge in [0.1, 0.15) is 6.04 Å². The van der Waals surface area contributed by atoms with Gasteiger partial charge in [-0.1, -0.05) is 65.9 Å². The summed E-state index contributed by atoms with van der Waals surface area (Å²) in [6, 6.07) is 16.1. The van der Waals surface area contributed by atoms with Crippen LogP contribution in [0.25, 0.3) is 0 Å². The fourth-order valence-electron chi connectivity index (χ4n) is 3.80. The largest absolute Gasteiger partial charge is 0.463 e. The molecule has 0 bridgehead atoms. The van der Waals surface area contributed by atoms with Gasteiger partial charge in [0.2, 0.25) is 11.1 Å². The Morgan fingerprint density at radius 2 is 1.97 bits per heavy atom. The first-order valence-electron chi connectivity index (χ1n) is 10.3. The van der Waals surface area contributed by atoms with Crippen molar-refractivity contribution in [1.82, 2.24) is 14.8 Å². The minimum absolute atomic E-state index is 0.317. The Morgan fingerprint density at radius 3 is 2.71 bits per heavy atom. The van der Waals surface area contributed by atoms with Gasteiger partial charge >= 0.3 is 5.97 Å². The van der Waals surface area contributed by atoms with Crippen molar-refractivity contribution >= 4 is 23.7 Å². The number of anilines is 1. The number of esters is 1. The molecule has 0 saturated carbocycles. The summed E-state index contributed by atoms with van der Waals surface area (Å²) in [6.45, 7) is 8.14. The summed E-state index contributed by atoms with van der Waals surface area (Å²) >= 11 is 1.58. The molecule has 31 heavy (non-hydrogen) atoms. The van der Waals surface area contributed by atoms with E-state index < -0.39 is 6.04 Å². The number of aryl methyl sites for hydroxylation is 2. The SMILES string of the molecule is CCOC(=O)C1=C(C)Nc2nc(SCc3cccc(C)c3)nn2[C@H]1c1ccccc1C. The van der Waals surface area contributed by atoms with E-state index in [-0.39, 0.29) is 5.97 Å². The van der Waals surface area contributed by atoms with E-state index in [1.54, 1.807) is 16.4 Å². The van der Waals surface area contributed by atoms with Crippen molar-refractivity contribution in [1.29, 1.82) is 0 Å². The molecule has 0 amide bonds. The number of thioether (sulfide) groups is 1. The predicted octanol–water partition coefficient (Wildman–Crippen LogP) is 5.04. The lowest BCUT2D eigenvalue weighted by molar-refractivity contribution is -0.139. The molecule has 0 unspecified atom stereocenters. The number of allylic oxidation sites excluding steroid dienone is 1. The summed E-state index contributed by atoms with van der Waals surface area (Å²) < 4.78 is 7.18. The van der Waals surface area contributed by atoms with Gasteiger partial charge in [-0.15, -0.1) is 5.10 Å². The van der Waals surface area contributed by atoms with Crippen molar-refractivity contribution < 1.29 is 9.53 Å².